The largest absolute Gasteiger partial charge is 0.392 e. The Kier molecular flexibility index (Phi) is 6.17. The summed E-state index contributed by atoms with van der Waals surface area (Å²) >= 11 is 5.05. The van der Waals surface area contributed by atoms with Gasteiger partial charge in [-0.1, -0.05) is 18.6 Å². The number of likely N-dealkylation sites (tertiary alicyclic amines) is 1. The summed E-state index contributed by atoms with van der Waals surface area (Å²) in [5, 5.41) is 4.85. The average Bonchev–Trinajstić information content (AvgIpc) is 2.37. The van der Waals surface area contributed by atoms with E-state index in [0.717, 1.165) is 25.8 Å². The maximum atomic E-state index is 12.0. The summed E-state index contributed by atoms with van der Waals surface area (Å²) in [5.41, 5.74) is 5.72. The fraction of sp³-hybridized carbons (Fsp3) is 0.750. The summed E-state index contributed by atoms with van der Waals surface area (Å²) in [5.74, 6) is -0.325. The Morgan fingerprint density at radius 3 is 2.74 bits per heavy atom. The van der Waals surface area contributed by atoms with Crippen molar-refractivity contribution in [2.24, 2.45) is 5.73 Å². The van der Waals surface area contributed by atoms with Gasteiger partial charge in [0.05, 0.1) is 17.1 Å². The Morgan fingerprint density at radius 1 is 1.47 bits per heavy atom. The Hall–Kier alpha value is -1.21. The zero-order valence-corrected chi connectivity index (χ0v) is 12.3. The highest BCUT2D eigenvalue weighted by Crippen LogP contribution is 2.20. The van der Waals surface area contributed by atoms with E-state index >= 15 is 0 Å². The van der Waals surface area contributed by atoms with Gasteiger partial charge >= 0.3 is 6.03 Å². The second-order valence-electron chi connectivity index (χ2n) is 4.68. The molecule has 1 saturated heterocycles. The van der Waals surface area contributed by atoms with Gasteiger partial charge in [-0.2, -0.15) is 0 Å². The highest BCUT2D eigenvalue weighted by atomic mass is 32.1. The molecule has 6 nitrogen and oxygen atoms in total. The first kappa shape index (κ1) is 15.8. The van der Waals surface area contributed by atoms with E-state index in [2.05, 4.69) is 10.6 Å². The second kappa shape index (κ2) is 7.40. The highest BCUT2D eigenvalue weighted by molar-refractivity contribution is 7.80. The van der Waals surface area contributed by atoms with Gasteiger partial charge in [-0.3, -0.25) is 15.0 Å². The van der Waals surface area contributed by atoms with E-state index in [1.807, 2.05) is 4.90 Å². The lowest BCUT2D eigenvalue weighted by Gasteiger charge is -2.38. The molecule has 7 heteroatoms. The normalized spacial score (nSPS) is 21.5. The molecule has 0 aliphatic carbocycles. The summed E-state index contributed by atoms with van der Waals surface area (Å²) in [6.45, 7) is 4.81. The third-order valence-electron chi connectivity index (χ3n) is 3.32. The lowest BCUT2D eigenvalue weighted by Crippen LogP contribution is -2.56. The molecule has 0 bridgehead atoms. The number of amides is 3. The van der Waals surface area contributed by atoms with Gasteiger partial charge < -0.3 is 11.1 Å². The molecule has 4 N–H and O–H groups in total. The molecule has 1 aliphatic rings. The van der Waals surface area contributed by atoms with Crippen molar-refractivity contribution in [3.8, 4) is 0 Å². The monoisotopic (exact) mass is 286 g/mol. The number of urea groups is 1. The van der Waals surface area contributed by atoms with Crippen molar-refractivity contribution in [3.63, 3.8) is 0 Å². The summed E-state index contributed by atoms with van der Waals surface area (Å²) < 4.78 is 0. The molecule has 1 rings (SSSR count). The average molecular weight is 286 g/mol. The Labute approximate surface area is 119 Å². The van der Waals surface area contributed by atoms with Crippen molar-refractivity contribution >= 4 is 29.1 Å². The Bertz CT molecular complexity index is 362. The van der Waals surface area contributed by atoms with E-state index in [-0.39, 0.29) is 11.9 Å². The van der Waals surface area contributed by atoms with Crippen LogP contribution in [0.15, 0.2) is 0 Å². The SMILES string of the molecule is CCNC(=O)NC(=O)C(C)N1CCCCC1C(N)=S. The molecule has 0 aromatic heterocycles. The van der Waals surface area contributed by atoms with Crippen LogP contribution in [0.5, 0.6) is 0 Å². The molecule has 0 saturated carbocycles. The minimum absolute atomic E-state index is 0.0567. The van der Waals surface area contributed by atoms with E-state index in [0.29, 0.717) is 11.5 Å². The van der Waals surface area contributed by atoms with Crippen LogP contribution in [0, 0.1) is 0 Å². The molecule has 108 valence electrons. The van der Waals surface area contributed by atoms with Crippen LogP contribution in [0.2, 0.25) is 0 Å². The van der Waals surface area contributed by atoms with Gasteiger partial charge in [-0.25, -0.2) is 4.79 Å². The Balaban J connectivity index is 2.63. The molecule has 0 aromatic rings. The van der Waals surface area contributed by atoms with E-state index in [1.54, 1.807) is 13.8 Å². The first-order chi connectivity index (χ1) is 8.97. The fourth-order valence-corrected chi connectivity index (χ4v) is 2.55. The number of carbonyl (C=O) groups excluding carboxylic acids is 2. The topological polar surface area (TPSA) is 87.5 Å². The standard InChI is InChI=1S/C12H22N4O2S/c1-3-14-12(18)15-11(17)8(2)16-7-5-4-6-9(16)10(13)19/h8-9H,3-7H2,1-2H3,(H2,13,19)(H2,14,15,17,18). The molecule has 1 fully saturated rings. The summed E-state index contributed by atoms with van der Waals surface area (Å²) in [6, 6.07) is -0.948. The van der Waals surface area contributed by atoms with Crippen LogP contribution in [0.3, 0.4) is 0 Å². The Morgan fingerprint density at radius 2 is 2.16 bits per heavy atom. The first-order valence-corrected chi connectivity index (χ1v) is 7.02. The molecule has 3 amide bonds. The number of hydrogen-bond donors (Lipinski definition) is 3. The van der Waals surface area contributed by atoms with Gasteiger partial charge in [0.15, 0.2) is 0 Å². The maximum absolute atomic E-state index is 12.0. The van der Waals surface area contributed by atoms with Crippen molar-refractivity contribution in [1.82, 2.24) is 15.5 Å². The molecule has 0 spiro atoms. The number of thiocarbonyl (C=S) groups is 1. The molecule has 0 aromatic carbocycles. The van der Waals surface area contributed by atoms with Gasteiger partial charge in [-0.15, -0.1) is 0 Å². The zero-order valence-electron chi connectivity index (χ0n) is 11.4. The number of piperidine rings is 1. The predicted molar refractivity (Wildman–Crippen MR) is 77.8 cm³/mol. The van der Waals surface area contributed by atoms with E-state index in [1.165, 1.54) is 0 Å². The molecule has 1 heterocycles. The van der Waals surface area contributed by atoms with Gasteiger partial charge in [0.25, 0.3) is 0 Å². The quantitative estimate of drug-likeness (QED) is 0.650. The second-order valence-corrected chi connectivity index (χ2v) is 5.15. The number of carbonyl (C=O) groups is 2. The molecule has 1 aliphatic heterocycles. The van der Waals surface area contributed by atoms with Crippen molar-refractivity contribution in [3.05, 3.63) is 0 Å². The van der Waals surface area contributed by atoms with Gasteiger partial charge in [-0.05, 0) is 33.2 Å². The van der Waals surface area contributed by atoms with E-state index < -0.39 is 12.1 Å². The molecule has 2 atom stereocenters. The lowest BCUT2D eigenvalue weighted by molar-refractivity contribution is -0.125. The van der Waals surface area contributed by atoms with Crippen LogP contribution < -0.4 is 16.4 Å². The fourth-order valence-electron chi connectivity index (χ4n) is 2.29. The summed E-state index contributed by atoms with van der Waals surface area (Å²) in [6.07, 6.45) is 2.94. The molecule has 0 radical (unpaired) electrons. The van der Waals surface area contributed by atoms with Crippen molar-refractivity contribution in [1.29, 1.82) is 0 Å². The van der Waals surface area contributed by atoms with Crippen molar-refractivity contribution < 1.29 is 9.59 Å². The highest BCUT2D eigenvalue weighted by Gasteiger charge is 2.32. The minimum atomic E-state index is -0.469. The van der Waals surface area contributed by atoms with Crippen LogP contribution in [-0.4, -0.2) is 47.0 Å². The van der Waals surface area contributed by atoms with Gasteiger partial charge in [0, 0.05) is 6.54 Å². The van der Waals surface area contributed by atoms with Crippen LogP contribution in [0.1, 0.15) is 33.1 Å². The van der Waals surface area contributed by atoms with Gasteiger partial charge in [0.2, 0.25) is 5.91 Å². The smallest absolute Gasteiger partial charge is 0.321 e. The molecular formula is C12H22N4O2S. The van der Waals surface area contributed by atoms with Gasteiger partial charge in [0.1, 0.15) is 0 Å². The molecule has 2 unspecified atom stereocenters. The molecule has 19 heavy (non-hydrogen) atoms. The number of imide groups is 1. The molecular weight excluding hydrogens is 264 g/mol. The van der Waals surface area contributed by atoms with E-state index in [4.69, 9.17) is 18.0 Å². The van der Waals surface area contributed by atoms with Crippen LogP contribution in [0.4, 0.5) is 4.79 Å². The number of nitrogens with zero attached hydrogens (tertiary/aromatic N) is 1. The van der Waals surface area contributed by atoms with Crippen LogP contribution >= 0.6 is 12.2 Å². The lowest BCUT2D eigenvalue weighted by atomic mass is 10.00. The van der Waals surface area contributed by atoms with Crippen molar-refractivity contribution in [2.75, 3.05) is 13.1 Å². The number of nitrogens with one attached hydrogen (secondary N) is 2. The van der Waals surface area contributed by atoms with E-state index in [9.17, 15) is 9.59 Å². The third kappa shape index (κ3) is 4.43. The van der Waals surface area contributed by atoms with Crippen LogP contribution in [-0.2, 0) is 4.79 Å². The zero-order chi connectivity index (χ0) is 14.4. The first-order valence-electron chi connectivity index (χ1n) is 6.61. The predicted octanol–water partition coefficient (Wildman–Crippen LogP) is 0.361. The van der Waals surface area contributed by atoms with Crippen LogP contribution in [0.25, 0.3) is 0 Å². The maximum Gasteiger partial charge on any atom is 0.321 e. The summed E-state index contributed by atoms with van der Waals surface area (Å²) in [7, 11) is 0. The minimum Gasteiger partial charge on any atom is -0.392 e. The number of hydrogen-bond acceptors (Lipinski definition) is 4. The summed E-state index contributed by atoms with van der Waals surface area (Å²) in [4.78, 5) is 25.7. The number of nitrogens with two attached hydrogens (primary N) is 1. The number of rotatable bonds is 4. The van der Waals surface area contributed by atoms with Crippen molar-refractivity contribution in [2.45, 2.75) is 45.2 Å². The third-order valence-corrected chi connectivity index (χ3v) is 3.60.